The van der Waals surface area contributed by atoms with Gasteiger partial charge in [-0.2, -0.15) is 0 Å². The summed E-state index contributed by atoms with van der Waals surface area (Å²) in [6.07, 6.45) is 20.7. The quantitative estimate of drug-likeness (QED) is 0.0958. The third kappa shape index (κ3) is 58.1. The Hall–Kier alpha value is -1.97. The first-order chi connectivity index (χ1) is 17.1. The molecule has 9 nitrogen and oxygen atoms in total. The molecule has 0 saturated heterocycles. The number of carboxylic acids is 3. The molecule has 36 heavy (non-hydrogen) atoms. The molecule has 216 valence electrons. The van der Waals surface area contributed by atoms with Crippen LogP contribution in [0.15, 0.2) is 12.2 Å². The second-order valence-electron chi connectivity index (χ2n) is 8.24. The Balaban J connectivity index is -0.000000258. The van der Waals surface area contributed by atoms with E-state index in [1.807, 2.05) is 0 Å². The van der Waals surface area contributed by atoms with E-state index in [0.29, 0.717) is 6.42 Å². The largest absolute Gasteiger partial charge is 0.481 e. The van der Waals surface area contributed by atoms with Gasteiger partial charge in [0.05, 0.1) is 13.2 Å². The van der Waals surface area contributed by atoms with Gasteiger partial charge >= 0.3 is 17.9 Å². The van der Waals surface area contributed by atoms with Crippen LogP contribution in [-0.2, 0) is 14.4 Å². The lowest BCUT2D eigenvalue weighted by Gasteiger charge is -1.99. The third-order valence-corrected chi connectivity index (χ3v) is 4.68. The van der Waals surface area contributed by atoms with Crippen molar-refractivity contribution in [2.24, 2.45) is 0 Å². The molecule has 0 aromatic rings. The van der Waals surface area contributed by atoms with Gasteiger partial charge < -0.3 is 30.6 Å². The predicted molar refractivity (Wildman–Crippen MR) is 143 cm³/mol. The van der Waals surface area contributed by atoms with E-state index in [0.717, 1.165) is 12.8 Å². The van der Waals surface area contributed by atoms with Crippen LogP contribution in [0.25, 0.3) is 0 Å². The van der Waals surface area contributed by atoms with Crippen LogP contribution in [-0.4, -0.2) is 67.9 Å². The molecule has 0 rings (SSSR count). The van der Waals surface area contributed by atoms with Crippen LogP contribution < -0.4 is 0 Å². The molecule has 0 aliphatic heterocycles. The van der Waals surface area contributed by atoms with Crippen LogP contribution in [0.2, 0.25) is 0 Å². The van der Waals surface area contributed by atoms with E-state index in [9.17, 15) is 14.4 Å². The summed E-state index contributed by atoms with van der Waals surface area (Å²) in [5, 5.41) is 48.0. The Labute approximate surface area is 218 Å². The Morgan fingerprint density at radius 3 is 1.19 bits per heavy atom. The lowest BCUT2D eigenvalue weighted by atomic mass is 10.1. The predicted octanol–water partition coefficient (Wildman–Crippen LogP) is 5.40. The molecular weight excluding hydrogens is 468 g/mol. The van der Waals surface area contributed by atoms with Gasteiger partial charge in [-0.05, 0) is 32.1 Å². The maximum absolute atomic E-state index is 10.3. The van der Waals surface area contributed by atoms with Gasteiger partial charge in [0.15, 0.2) is 0 Å². The highest BCUT2D eigenvalue weighted by atomic mass is 16.4. The molecule has 0 aliphatic rings. The summed E-state index contributed by atoms with van der Waals surface area (Å²) in [6, 6.07) is 0. The van der Waals surface area contributed by atoms with Crippen LogP contribution in [0, 0.1) is 0 Å². The SMILES string of the molecule is CCC(=O)O.CCC(=O)O.CCCCCCCCC=CCCCCCCCC(=O)O.OCC(O)CO. The first kappa shape index (κ1) is 41.2. The van der Waals surface area contributed by atoms with Gasteiger partial charge in [0.2, 0.25) is 0 Å². The Kier molecular flexibility index (Phi) is 43.0. The molecule has 0 radical (unpaired) electrons. The molecule has 0 unspecified atom stereocenters. The first-order valence-corrected chi connectivity index (χ1v) is 13.3. The fourth-order valence-electron chi connectivity index (χ4n) is 2.40. The number of aliphatic hydroxyl groups excluding tert-OH is 3. The minimum absolute atomic E-state index is 0.222. The number of carbonyl (C=O) groups is 3. The van der Waals surface area contributed by atoms with Crippen molar-refractivity contribution in [3.8, 4) is 0 Å². The average molecular weight is 523 g/mol. The smallest absolute Gasteiger partial charge is 0.303 e. The minimum atomic E-state index is -0.954. The zero-order valence-electron chi connectivity index (χ0n) is 22.9. The number of unbranched alkanes of at least 4 members (excludes halogenated alkanes) is 11. The van der Waals surface area contributed by atoms with E-state index in [1.165, 1.54) is 70.6 Å². The molecule has 9 heteroatoms. The van der Waals surface area contributed by atoms with E-state index in [1.54, 1.807) is 13.8 Å². The van der Waals surface area contributed by atoms with Crippen LogP contribution in [0.5, 0.6) is 0 Å². The molecule has 0 bridgehead atoms. The van der Waals surface area contributed by atoms with Crippen molar-refractivity contribution in [2.45, 2.75) is 130 Å². The van der Waals surface area contributed by atoms with Gasteiger partial charge in [-0.25, -0.2) is 0 Å². The fraction of sp³-hybridized carbons (Fsp3) is 0.815. The topological polar surface area (TPSA) is 173 Å². The highest BCUT2D eigenvalue weighted by Gasteiger charge is 1.96. The molecule has 6 N–H and O–H groups in total. The zero-order valence-corrected chi connectivity index (χ0v) is 22.9. The number of aliphatic carboxylic acids is 3. The minimum Gasteiger partial charge on any atom is -0.481 e. The molecule has 0 aromatic carbocycles. The van der Waals surface area contributed by atoms with Crippen molar-refractivity contribution in [2.75, 3.05) is 13.2 Å². The molecule has 0 atom stereocenters. The summed E-state index contributed by atoms with van der Waals surface area (Å²) < 4.78 is 0. The highest BCUT2D eigenvalue weighted by Crippen LogP contribution is 2.09. The Bertz CT molecular complexity index is 476. The molecule has 0 heterocycles. The van der Waals surface area contributed by atoms with Crippen molar-refractivity contribution in [1.82, 2.24) is 0 Å². The van der Waals surface area contributed by atoms with Crippen LogP contribution in [0.4, 0.5) is 0 Å². The summed E-state index contributed by atoms with van der Waals surface area (Å²) in [5.74, 6) is -2.15. The van der Waals surface area contributed by atoms with E-state index < -0.39 is 24.0 Å². The molecule has 0 aliphatic carbocycles. The monoisotopic (exact) mass is 522 g/mol. The summed E-state index contributed by atoms with van der Waals surface area (Å²) >= 11 is 0. The van der Waals surface area contributed by atoms with Gasteiger partial charge in [-0.1, -0.05) is 84.3 Å². The van der Waals surface area contributed by atoms with E-state index >= 15 is 0 Å². The fourth-order valence-corrected chi connectivity index (χ4v) is 2.40. The highest BCUT2D eigenvalue weighted by molar-refractivity contribution is 5.66. The normalized spacial score (nSPS) is 9.97. The molecule has 0 amide bonds. The number of hydrogen-bond acceptors (Lipinski definition) is 6. The van der Waals surface area contributed by atoms with E-state index in [4.69, 9.17) is 30.6 Å². The van der Waals surface area contributed by atoms with Gasteiger partial charge in [-0.15, -0.1) is 0 Å². The van der Waals surface area contributed by atoms with Gasteiger partial charge in [0.1, 0.15) is 6.10 Å². The van der Waals surface area contributed by atoms with Crippen LogP contribution >= 0.6 is 0 Å². The maximum atomic E-state index is 10.3. The Morgan fingerprint density at radius 1 is 0.583 bits per heavy atom. The summed E-state index contributed by atoms with van der Waals surface area (Å²) in [4.78, 5) is 29.1. The number of hydrogen-bond donors (Lipinski definition) is 6. The third-order valence-electron chi connectivity index (χ3n) is 4.68. The summed E-state index contributed by atoms with van der Waals surface area (Å²) in [7, 11) is 0. The van der Waals surface area contributed by atoms with Crippen molar-refractivity contribution in [3.05, 3.63) is 12.2 Å². The van der Waals surface area contributed by atoms with Gasteiger partial charge in [0, 0.05) is 19.3 Å². The molecule has 0 fully saturated rings. The van der Waals surface area contributed by atoms with E-state index in [2.05, 4.69) is 19.1 Å². The number of rotatable bonds is 19. The first-order valence-electron chi connectivity index (χ1n) is 13.3. The molecule has 0 saturated carbocycles. The summed E-state index contributed by atoms with van der Waals surface area (Å²) in [5.41, 5.74) is 0. The molecule has 0 spiro atoms. The lowest BCUT2D eigenvalue weighted by molar-refractivity contribution is -0.138. The summed E-state index contributed by atoms with van der Waals surface area (Å²) in [6.45, 7) is 4.73. The van der Waals surface area contributed by atoms with Crippen molar-refractivity contribution < 1.29 is 45.0 Å². The second kappa shape index (κ2) is 37.6. The van der Waals surface area contributed by atoms with Gasteiger partial charge in [-0.3, -0.25) is 14.4 Å². The van der Waals surface area contributed by atoms with Crippen molar-refractivity contribution >= 4 is 17.9 Å². The average Bonchev–Trinajstić information content (AvgIpc) is 2.86. The zero-order chi connectivity index (χ0) is 28.5. The van der Waals surface area contributed by atoms with Crippen LogP contribution in [0.1, 0.15) is 124 Å². The van der Waals surface area contributed by atoms with Crippen molar-refractivity contribution in [1.29, 1.82) is 0 Å². The van der Waals surface area contributed by atoms with Gasteiger partial charge in [0.25, 0.3) is 0 Å². The second-order valence-corrected chi connectivity index (χ2v) is 8.24. The number of carboxylic acid groups (broad SMARTS) is 3. The number of aliphatic hydroxyl groups is 3. The Morgan fingerprint density at radius 2 is 0.917 bits per heavy atom. The van der Waals surface area contributed by atoms with Crippen LogP contribution in [0.3, 0.4) is 0 Å². The maximum Gasteiger partial charge on any atom is 0.303 e. The lowest BCUT2D eigenvalue weighted by Crippen LogP contribution is -2.15. The van der Waals surface area contributed by atoms with Crippen molar-refractivity contribution in [3.63, 3.8) is 0 Å². The molecule has 0 aromatic heterocycles. The van der Waals surface area contributed by atoms with E-state index in [-0.39, 0.29) is 26.1 Å². The standard InChI is InChI=1S/C18H34O2.C3H8O3.2C3H6O2/c1-2-3-4-5-6-7-8-9-10-11-12-13-14-15-16-17-18(19)20;4-1-3(6)2-5;2*1-2-3(4)5/h9-10H,2-8,11-17H2,1H3,(H,19,20);3-6H,1-2H2;2*2H2,1H3,(H,4,5). The number of allylic oxidation sites excluding steroid dienone is 2. The molecular formula is C27H54O9.